The summed E-state index contributed by atoms with van der Waals surface area (Å²) in [6.45, 7) is -1.06. The fourth-order valence-corrected chi connectivity index (χ4v) is 4.18. The molecular weight excluding hydrogens is 412 g/mol. The molecule has 2 aliphatic carbocycles. The minimum Gasteiger partial charge on any atom is -0.511 e. The molecule has 1 aromatic rings. The maximum absolute atomic E-state index is 13.2. The van der Waals surface area contributed by atoms with Crippen molar-refractivity contribution < 1.29 is 49.7 Å². The van der Waals surface area contributed by atoms with Gasteiger partial charge in [-0.3, -0.25) is 9.59 Å². The zero-order valence-electron chi connectivity index (χ0n) is 16.2. The van der Waals surface area contributed by atoms with E-state index < -0.39 is 67.3 Å². The van der Waals surface area contributed by atoms with Crippen LogP contribution >= 0.6 is 0 Å². The molecule has 1 aromatic carbocycles. The van der Waals surface area contributed by atoms with E-state index in [2.05, 4.69) is 0 Å². The van der Waals surface area contributed by atoms with E-state index in [1.807, 2.05) is 0 Å². The molecule has 0 aromatic heterocycles. The average molecular weight is 434 g/mol. The Labute approximate surface area is 176 Å². The number of allylic oxidation sites excluding steroid dienone is 2. The zero-order chi connectivity index (χ0) is 22.4. The molecule has 3 aliphatic rings. The highest BCUT2D eigenvalue weighted by Gasteiger charge is 2.48. The number of hydrogen-bond donors (Lipinski definition) is 6. The van der Waals surface area contributed by atoms with E-state index in [1.54, 1.807) is 0 Å². The molecule has 0 amide bonds. The first kappa shape index (κ1) is 21.6. The lowest BCUT2D eigenvalue weighted by atomic mass is 9.70. The molecule has 1 aliphatic heterocycles. The van der Waals surface area contributed by atoms with Crippen LogP contribution in [0, 0.1) is 11.8 Å². The maximum Gasteiger partial charge on any atom is 0.229 e. The summed E-state index contributed by atoms with van der Waals surface area (Å²) in [7, 11) is 0. The Balaban J connectivity index is 1.71. The third kappa shape index (κ3) is 3.47. The fraction of sp³-hybridized carbons (Fsp3) is 0.429. The predicted molar refractivity (Wildman–Crippen MR) is 102 cm³/mol. The average Bonchev–Trinajstić information content (AvgIpc) is 2.77. The van der Waals surface area contributed by atoms with Crippen molar-refractivity contribution in [3.05, 3.63) is 52.8 Å². The van der Waals surface area contributed by atoms with E-state index in [0.717, 1.165) is 0 Å². The van der Waals surface area contributed by atoms with E-state index in [4.69, 9.17) is 9.47 Å². The zero-order valence-corrected chi connectivity index (χ0v) is 16.2. The van der Waals surface area contributed by atoms with Gasteiger partial charge in [-0.15, -0.1) is 0 Å². The first-order chi connectivity index (χ1) is 14.8. The van der Waals surface area contributed by atoms with Crippen molar-refractivity contribution in [3.63, 3.8) is 0 Å². The van der Waals surface area contributed by atoms with Gasteiger partial charge < -0.3 is 40.1 Å². The molecule has 166 valence electrons. The molecule has 1 saturated heterocycles. The van der Waals surface area contributed by atoms with Crippen molar-refractivity contribution in [2.75, 3.05) is 13.2 Å². The van der Waals surface area contributed by atoms with Crippen LogP contribution < -0.4 is 4.74 Å². The number of ether oxygens (including phenoxy) is 2. The molecule has 0 radical (unpaired) electrons. The van der Waals surface area contributed by atoms with E-state index in [-0.39, 0.29) is 22.6 Å². The molecule has 0 spiro atoms. The summed E-state index contributed by atoms with van der Waals surface area (Å²) in [5, 5.41) is 59.1. The second-order valence-electron chi connectivity index (χ2n) is 7.69. The number of Topliss-reactive ketones (excluding diaryl/α,β-unsaturated/α-hetero) is 2. The molecular formula is C21H22O10. The van der Waals surface area contributed by atoms with Crippen LogP contribution in [0.5, 0.6) is 5.75 Å². The highest BCUT2D eigenvalue weighted by atomic mass is 16.7. The van der Waals surface area contributed by atoms with Crippen molar-refractivity contribution in [2.24, 2.45) is 11.8 Å². The van der Waals surface area contributed by atoms with Gasteiger partial charge in [0.15, 0.2) is 11.6 Å². The Morgan fingerprint density at radius 2 is 1.74 bits per heavy atom. The molecule has 10 nitrogen and oxygen atoms in total. The van der Waals surface area contributed by atoms with E-state index in [9.17, 15) is 40.2 Å². The number of hydrogen-bond acceptors (Lipinski definition) is 10. The maximum atomic E-state index is 13.2. The summed E-state index contributed by atoms with van der Waals surface area (Å²) >= 11 is 0. The van der Waals surface area contributed by atoms with Gasteiger partial charge in [0.2, 0.25) is 6.29 Å². The lowest BCUT2D eigenvalue weighted by Gasteiger charge is -2.40. The number of fused-ring (bicyclic) bond motifs is 2. The van der Waals surface area contributed by atoms with Crippen LogP contribution in [0.15, 0.2) is 41.7 Å². The second-order valence-corrected chi connectivity index (χ2v) is 7.69. The third-order valence-corrected chi connectivity index (χ3v) is 5.80. The number of carbonyl (C=O) groups is 2. The molecule has 6 N–H and O–H groups in total. The van der Waals surface area contributed by atoms with Crippen LogP contribution in [0.2, 0.25) is 0 Å². The molecule has 31 heavy (non-hydrogen) atoms. The highest BCUT2D eigenvalue weighted by molar-refractivity contribution is 6.19. The lowest BCUT2D eigenvalue weighted by molar-refractivity contribution is -0.277. The molecule has 0 saturated carbocycles. The molecule has 0 unspecified atom stereocenters. The molecule has 10 heteroatoms. The fourth-order valence-electron chi connectivity index (χ4n) is 4.18. The predicted octanol–water partition coefficient (Wildman–Crippen LogP) is -1.15. The number of aliphatic hydroxyl groups is 6. The normalized spacial score (nSPS) is 35.1. The molecule has 0 bridgehead atoms. The smallest absolute Gasteiger partial charge is 0.229 e. The summed E-state index contributed by atoms with van der Waals surface area (Å²) in [6.07, 6.45) is -5.03. The quantitative estimate of drug-likeness (QED) is 0.340. The van der Waals surface area contributed by atoms with Gasteiger partial charge in [0, 0.05) is 5.56 Å². The molecule has 1 heterocycles. The number of ketones is 2. The van der Waals surface area contributed by atoms with Crippen molar-refractivity contribution >= 4 is 11.6 Å². The standard InChI is InChI=1S/C21H22O10/c22-6-8-4-10-14(11(24)5-8)18(27)15-9(16(10)25)2-1-3-12(15)30-21-20(29)19(28)17(26)13(7-23)31-21/h1-5,10,13-14,17,19-24,26,28-29H,6-7H2/t10-,13+,14+,17+,19-,20+,21-/m0/s1. The van der Waals surface area contributed by atoms with Crippen LogP contribution in [0.1, 0.15) is 20.7 Å². The van der Waals surface area contributed by atoms with Crippen LogP contribution in [0.25, 0.3) is 0 Å². The Kier molecular flexibility index (Phi) is 5.69. The third-order valence-electron chi connectivity index (χ3n) is 5.80. The van der Waals surface area contributed by atoms with Crippen LogP contribution in [0.3, 0.4) is 0 Å². The van der Waals surface area contributed by atoms with Gasteiger partial charge in [-0.25, -0.2) is 0 Å². The Morgan fingerprint density at radius 3 is 2.42 bits per heavy atom. The number of aliphatic hydroxyl groups excluding tert-OH is 6. The van der Waals surface area contributed by atoms with Crippen LogP contribution in [-0.4, -0.2) is 86.1 Å². The van der Waals surface area contributed by atoms with Gasteiger partial charge in [-0.05, 0) is 17.7 Å². The SMILES string of the molecule is O=C1c2c(O[C@H]3O[C@H](CO)[C@@H](O)[C@H](O)[C@H]3O)cccc2C(=O)[C@H]2C=C(CO)C=C(O)[C@H]12. The summed E-state index contributed by atoms with van der Waals surface area (Å²) in [5.41, 5.74) is 0.236. The van der Waals surface area contributed by atoms with Crippen molar-refractivity contribution in [1.29, 1.82) is 0 Å². The van der Waals surface area contributed by atoms with Gasteiger partial charge in [-0.1, -0.05) is 18.2 Å². The summed E-state index contributed by atoms with van der Waals surface area (Å²) in [6, 6.07) is 4.25. The minimum atomic E-state index is -1.70. The Morgan fingerprint density at radius 1 is 1.00 bits per heavy atom. The van der Waals surface area contributed by atoms with Crippen molar-refractivity contribution in [3.8, 4) is 5.75 Å². The van der Waals surface area contributed by atoms with E-state index in [0.29, 0.717) is 5.57 Å². The minimum absolute atomic E-state index is 0.0385. The second kappa shape index (κ2) is 8.15. The Bertz CT molecular complexity index is 965. The number of rotatable bonds is 4. The summed E-state index contributed by atoms with van der Waals surface area (Å²) in [4.78, 5) is 26.3. The Hall–Kier alpha value is -2.60. The van der Waals surface area contributed by atoms with Crippen LogP contribution in [-0.2, 0) is 4.74 Å². The lowest BCUT2D eigenvalue weighted by Crippen LogP contribution is -2.60. The van der Waals surface area contributed by atoms with Gasteiger partial charge in [0.05, 0.1) is 30.6 Å². The highest BCUT2D eigenvalue weighted by Crippen LogP contribution is 2.41. The summed E-state index contributed by atoms with van der Waals surface area (Å²) in [5.74, 6) is -3.69. The summed E-state index contributed by atoms with van der Waals surface area (Å²) < 4.78 is 10.9. The molecule has 4 rings (SSSR count). The van der Waals surface area contributed by atoms with E-state index in [1.165, 1.54) is 30.4 Å². The van der Waals surface area contributed by atoms with Crippen LogP contribution in [0.4, 0.5) is 0 Å². The monoisotopic (exact) mass is 434 g/mol. The van der Waals surface area contributed by atoms with Gasteiger partial charge in [-0.2, -0.15) is 0 Å². The van der Waals surface area contributed by atoms with Gasteiger partial charge >= 0.3 is 0 Å². The molecule has 7 atom stereocenters. The number of carbonyl (C=O) groups excluding carboxylic acids is 2. The first-order valence-corrected chi connectivity index (χ1v) is 9.69. The van der Waals surface area contributed by atoms with Gasteiger partial charge in [0.1, 0.15) is 35.9 Å². The van der Waals surface area contributed by atoms with Gasteiger partial charge in [0.25, 0.3) is 0 Å². The largest absolute Gasteiger partial charge is 0.511 e. The first-order valence-electron chi connectivity index (χ1n) is 9.69. The topological polar surface area (TPSA) is 174 Å². The molecule has 1 fully saturated rings. The van der Waals surface area contributed by atoms with Crippen molar-refractivity contribution in [1.82, 2.24) is 0 Å². The van der Waals surface area contributed by atoms with E-state index >= 15 is 0 Å². The number of benzene rings is 1. The van der Waals surface area contributed by atoms with Crippen molar-refractivity contribution in [2.45, 2.75) is 30.7 Å².